The van der Waals surface area contributed by atoms with Crippen LogP contribution in [0.4, 0.5) is 18.9 Å². The van der Waals surface area contributed by atoms with Crippen molar-refractivity contribution in [3.05, 3.63) is 41.8 Å². The SMILES string of the molecule is COc1ccccc1N1CCN(Cc2conc2C(F)(F)F)CC1. The average Bonchev–Trinajstić information content (AvgIpc) is 3.04. The molecule has 3 rings (SSSR count). The molecular formula is C16H18F3N3O2. The Labute approximate surface area is 137 Å². The third kappa shape index (κ3) is 3.48. The first kappa shape index (κ1) is 16.6. The van der Waals surface area contributed by atoms with Crippen molar-refractivity contribution in [3.63, 3.8) is 0 Å². The van der Waals surface area contributed by atoms with E-state index >= 15 is 0 Å². The molecule has 1 aliphatic heterocycles. The molecule has 24 heavy (non-hydrogen) atoms. The molecule has 1 aromatic heterocycles. The highest BCUT2D eigenvalue weighted by molar-refractivity contribution is 5.58. The van der Waals surface area contributed by atoms with Crippen LogP contribution in [-0.4, -0.2) is 43.3 Å². The van der Waals surface area contributed by atoms with Gasteiger partial charge in [0.2, 0.25) is 0 Å². The van der Waals surface area contributed by atoms with Gasteiger partial charge in [0, 0.05) is 38.3 Å². The summed E-state index contributed by atoms with van der Waals surface area (Å²) in [5.41, 5.74) is 0.142. The maximum atomic E-state index is 12.8. The molecule has 0 amide bonds. The zero-order valence-corrected chi connectivity index (χ0v) is 13.2. The average molecular weight is 341 g/mol. The number of anilines is 1. The molecule has 0 radical (unpaired) electrons. The zero-order chi connectivity index (χ0) is 17.2. The fourth-order valence-corrected chi connectivity index (χ4v) is 2.88. The molecule has 0 unspecified atom stereocenters. The summed E-state index contributed by atoms with van der Waals surface area (Å²) < 4.78 is 48.4. The molecule has 0 bridgehead atoms. The van der Waals surface area contributed by atoms with Gasteiger partial charge in [0.1, 0.15) is 12.0 Å². The van der Waals surface area contributed by atoms with Crippen molar-refractivity contribution in [3.8, 4) is 5.75 Å². The molecule has 0 spiro atoms. The number of aromatic nitrogens is 1. The Kier molecular flexibility index (Phi) is 4.66. The van der Waals surface area contributed by atoms with Crippen LogP contribution in [0, 0.1) is 0 Å². The van der Waals surface area contributed by atoms with Crippen LogP contribution in [0.3, 0.4) is 0 Å². The van der Waals surface area contributed by atoms with E-state index in [0.717, 1.165) is 17.7 Å². The standard InChI is InChI=1S/C16H18F3N3O2/c1-23-14-5-3-2-4-13(14)22-8-6-21(7-9-22)10-12-11-24-20-15(12)16(17,18)19/h2-5,11H,6-10H2,1H3. The van der Waals surface area contributed by atoms with E-state index in [9.17, 15) is 13.2 Å². The molecule has 0 saturated carbocycles. The van der Waals surface area contributed by atoms with Crippen molar-refractivity contribution in [2.75, 3.05) is 38.2 Å². The fourth-order valence-electron chi connectivity index (χ4n) is 2.88. The number of hydrogen-bond acceptors (Lipinski definition) is 5. The van der Waals surface area contributed by atoms with E-state index < -0.39 is 11.9 Å². The van der Waals surface area contributed by atoms with Crippen LogP contribution in [0.25, 0.3) is 0 Å². The highest BCUT2D eigenvalue weighted by atomic mass is 19.4. The number of piperazine rings is 1. The highest BCUT2D eigenvalue weighted by Gasteiger charge is 2.38. The Balaban J connectivity index is 1.63. The lowest BCUT2D eigenvalue weighted by atomic mass is 10.2. The quantitative estimate of drug-likeness (QED) is 0.855. The van der Waals surface area contributed by atoms with Crippen molar-refractivity contribution < 1.29 is 22.4 Å². The third-order valence-electron chi connectivity index (χ3n) is 4.10. The lowest BCUT2D eigenvalue weighted by molar-refractivity contribution is -0.143. The predicted molar refractivity (Wildman–Crippen MR) is 82.0 cm³/mol. The van der Waals surface area contributed by atoms with Gasteiger partial charge in [-0.1, -0.05) is 17.3 Å². The minimum Gasteiger partial charge on any atom is -0.495 e. The summed E-state index contributed by atoms with van der Waals surface area (Å²) in [6.07, 6.45) is -3.41. The molecule has 1 aromatic carbocycles. The van der Waals surface area contributed by atoms with Crippen LogP contribution in [0.5, 0.6) is 5.75 Å². The van der Waals surface area contributed by atoms with E-state index in [4.69, 9.17) is 4.74 Å². The van der Waals surface area contributed by atoms with Crippen molar-refractivity contribution in [1.82, 2.24) is 10.1 Å². The summed E-state index contributed by atoms with van der Waals surface area (Å²) >= 11 is 0. The summed E-state index contributed by atoms with van der Waals surface area (Å²) in [5.74, 6) is 0.796. The Morgan fingerprint density at radius 1 is 1.17 bits per heavy atom. The molecule has 8 heteroatoms. The van der Waals surface area contributed by atoms with E-state index in [2.05, 4.69) is 14.6 Å². The van der Waals surface area contributed by atoms with Crippen molar-refractivity contribution in [2.45, 2.75) is 12.7 Å². The van der Waals surface area contributed by atoms with Gasteiger partial charge in [-0.2, -0.15) is 13.2 Å². The second kappa shape index (κ2) is 6.72. The van der Waals surface area contributed by atoms with E-state index in [1.54, 1.807) is 7.11 Å². The Hall–Kier alpha value is -2.22. The molecule has 1 saturated heterocycles. The first-order valence-corrected chi connectivity index (χ1v) is 7.60. The van der Waals surface area contributed by atoms with E-state index in [1.807, 2.05) is 29.2 Å². The maximum absolute atomic E-state index is 12.8. The smallest absolute Gasteiger partial charge is 0.437 e. The van der Waals surface area contributed by atoms with Gasteiger partial charge < -0.3 is 14.2 Å². The summed E-state index contributed by atoms with van der Waals surface area (Å²) in [4.78, 5) is 4.14. The van der Waals surface area contributed by atoms with Crippen LogP contribution in [0.1, 0.15) is 11.3 Å². The minimum absolute atomic E-state index is 0.0771. The summed E-state index contributed by atoms with van der Waals surface area (Å²) in [5, 5.41) is 3.08. The Morgan fingerprint density at radius 2 is 1.88 bits per heavy atom. The minimum atomic E-state index is -4.48. The van der Waals surface area contributed by atoms with Crippen LogP contribution in [0.2, 0.25) is 0 Å². The third-order valence-corrected chi connectivity index (χ3v) is 4.10. The van der Waals surface area contributed by atoms with Gasteiger partial charge in [0.05, 0.1) is 12.8 Å². The number of alkyl halides is 3. The number of benzene rings is 1. The topological polar surface area (TPSA) is 41.7 Å². The van der Waals surface area contributed by atoms with Gasteiger partial charge in [-0.05, 0) is 12.1 Å². The van der Waals surface area contributed by atoms with E-state index in [-0.39, 0.29) is 12.1 Å². The maximum Gasteiger partial charge on any atom is 0.437 e. The van der Waals surface area contributed by atoms with Crippen molar-refractivity contribution in [2.24, 2.45) is 0 Å². The monoisotopic (exact) mass is 341 g/mol. The molecule has 0 aliphatic carbocycles. The Morgan fingerprint density at radius 3 is 2.54 bits per heavy atom. The molecule has 1 fully saturated rings. The predicted octanol–water partition coefficient (Wildman–Crippen LogP) is 3.02. The summed E-state index contributed by atoms with van der Waals surface area (Å²) in [6, 6.07) is 7.73. The Bertz CT molecular complexity index is 679. The summed E-state index contributed by atoms with van der Waals surface area (Å²) in [7, 11) is 1.62. The van der Waals surface area contributed by atoms with Gasteiger partial charge in [0.15, 0.2) is 5.69 Å². The second-order valence-corrected chi connectivity index (χ2v) is 5.62. The van der Waals surface area contributed by atoms with E-state index in [0.29, 0.717) is 26.2 Å². The summed E-state index contributed by atoms with van der Waals surface area (Å²) in [6.45, 7) is 2.92. The number of para-hydroxylation sites is 2. The normalized spacial score (nSPS) is 16.4. The van der Waals surface area contributed by atoms with Gasteiger partial charge in [0.25, 0.3) is 0 Å². The van der Waals surface area contributed by atoms with Gasteiger partial charge in [-0.25, -0.2) is 0 Å². The molecule has 0 atom stereocenters. The first-order chi connectivity index (χ1) is 11.5. The van der Waals surface area contributed by atoms with Gasteiger partial charge >= 0.3 is 6.18 Å². The highest BCUT2D eigenvalue weighted by Crippen LogP contribution is 2.32. The van der Waals surface area contributed by atoms with Crippen LogP contribution < -0.4 is 9.64 Å². The van der Waals surface area contributed by atoms with Gasteiger partial charge in [-0.15, -0.1) is 0 Å². The molecule has 0 N–H and O–H groups in total. The number of rotatable bonds is 4. The molecule has 1 aliphatic rings. The fraction of sp³-hybridized carbons (Fsp3) is 0.438. The number of methoxy groups -OCH3 is 1. The number of hydrogen-bond donors (Lipinski definition) is 0. The van der Waals surface area contributed by atoms with Crippen LogP contribution >= 0.6 is 0 Å². The van der Waals surface area contributed by atoms with Crippen molar-refractivity contribution in [1.29, 1.82) is 0 Å². The molecule has 5 nitrogen and oxygen atoms in total. The lowest BCUT2D eigenvalue weighted by Crippen LogP contribution is -2.46. The van der Waals surface area contributed by atoms with Crippen molar-refractivity contribution >= 4 is 5.69 Å². The number of nitrogens with zero attached hydrogens (tertiary/aromatic N) is 3. The molecule has 2 heterocycles. The first-order valence-electron chi connectivity index (χ1n) is 7.60. The lowest BCUT2D eigenvalue weighted by Gasteiger charge is -2.36. The van der Waals surface area contributed by atoms with Gasteiger partial charge in [-0.3, -0.25) is 4.90 Å². The van der Waals surface area contributed by atoms with Crippen LogP contribution in [0.15, 0.2) is 35.1 Å². The largest absolute Gasteiger partial charge is 0.495 e. The number of ether oxygens (including phenoxy) is 1. The zero-order valence-electron chi connectivity index (χ0n) is 13.2. The number of halogens is 3. The van der Waals surface area contributed by atoms with Crippen LogP contribution in [-0.2, 0) is 12.7 Å². The molecule has 2 aromatic rings. The second-order valence-electron chi connectivity index (χ2n) is 5.62. The van der Waals surface area contributed by atoms with E-state index in [1.165, 1.54) is 0 Å². The molecule has 130 valence electrons. The molecular weight excluding hydrogens is 323 g/mol.